The number of rotatable bonds is 64. The van der Waals surface area contributed by atoms with Crippen LogP contribution in [0.4, 0.5) is 0 Å². The van der Waals surface area contributed by atoms with E-state index >= 15 is 0 Å². The average molecular weight is 985 g/mol. The van der Waals surface area contributed by atoms with Crippen molar-refractivity contribution in [3.63, 3.8) is 0 Å². The summed E-state index contributed by atoms with van der Waals surface area (Å²) in [5.74, 6) is 1.03. The van der Waals surface area contributed by atoms with Gasteiger partial charge in [-0.25, -0.2) is 0 Å². The Labute approximate surface area is 445 Å². The lowest BCUT2D eigenvalue weighted by Crippen LogP contribution is -2.28. The molecule has 420 valence electrons. The van der Waals surface area contributed by atoms with E-state index in [0.29, 0.717) is 11.8 Å². The molecule has 0 rings (SSSR count). The first-order valence-corrected chi connectivity index (χ1v) is 34.1. The van der Waals surface area contributed by atoms with Gasteiger partial charge in [0.2, 0.25) is 0 Å². The Morgan fingerprint density at radius 1 is 0.186 bits per heavy atom. The molecule has 0 spiro atoms. The summed E-state index contributed by atoms with van der Waals surface area (Å²) in [6, 6.07) is 0.0533. The predicted octanol–water partition coefficient (Wildman–Crippen LogP) is 26.2. The second-order valence-corrected chi connectivity index (χ2v) is 24.0. The largest absolute Gasteiger partial charge is 0.150 e. The van der Waals surface area contributed by atoms with Crippen LogP contribution in [0.2, 0.25) is 0 Å². The SMILES string of the molecule is CCCCCCCCCCCCCCCCCC(CCCCCCCCCCCCCCCC)C(N=O)C(CCCCCCCCCCCCCCCC)CCCCCCCCCCCCCCCC. The van der Waals surface area contributed by atoms with Crippen LogP contribution in [0.1, 0.15) is 419 Å². The molecule has 0 amide bonds. The van der Waals surface area contributed by atoms with Crippen molar-refractivity contribution in [3.05, 3.63) is 4.91 Å². The van der Waals surface area contributed by atoms with E-state index in [1.807, 2.05) is 0 Å². The van der Waals surface area contributed by atoms with E-state index in [1.54, 1.807) is 0 Å². The molecule has 70 heavy (non-hydrogen) atoms. The van der Waals surface area contributed by atoms with Crippen molar-refractivity contribution < 1.29 is 0 Å². The highest BCUT2D eigenvalue weighted by atomic mass is 16.3. The van der Waals surface area contributed by atoms with Crippen molar-refractivity contribution in [1.82, 2.24) is 0 Å². The predicted molar refractivity (Wildman–Crippen MR) is 321 cm³/mol. The Hall–Kier alpha value is -0.400. The maximum atomic E-state index is 13.1. The number of nitroso groups, excluding NO2 is 1. The van der Waals surface area contributed by atoms with Crippen LogP contribution in [0.3, 0.4) is 0 Å². The highest BCUT2D eigenvalue weighted by molar-refractivity contribution is 4.84. The van der Waals surface area contributed by atoms with Crippen molar-refractivity contribution in [2.45, 2.75) is 425 Å². The first-order valence-electron chi connectivity index (χ1n) is 34.1. The molecule has 0 bridgehead atoms. The van der Waals surface area contributed by atoms with E-state index in [4.69, 9.17) is 0 Å². The van der Waals surface area contributed by atoms with Gasteiger partial charge in [-0.2, -0.15) is 4.91 Å². The zero-order valence-corrected chi connectivity index (χ0v) is 49.7. The zero-order valence-electron chi connectivity index (χ0n) is 49.7. The molecule has 0 aliphatic carbocycles. The van der Waals surface area contributed by atoms with E-state index in [1.165, 1.54) is 392 Å². The minimum atomic E-state index is 0.0533. The van der Waals surface area contributed by atoms with Gasteiger partial charge < -0.3 is 0 Å². The monoisotopic (exact) mass is 984 g/mol. The summed E-state index contributed by atoms with van der Waals surface area (Å²) in [6.07, 6.45) is 85.8. The molecule has 2 unspecified atom stereocenters. The summed E-state index contributed by atoms with van der Waals surface area (Å²) >= 11 is 0. The van der Waals surface area contributed by atoms with Gasteiger partial charge in [-0.1, -0.05) is 399 Å². The molecule has 0 heterocycles. The summed E-state index contributed by atoms with van der Waals surface area (Å²) in [7, 11) is 0. The molecule has 0 aliphatic heterocycles. The molecular formula is C68H137NO. The van der Waals surface area contributed by atoms with Gasteiger partial charge in [-0.15, -0.1) is 0 Å². The van der Waals surface area contributed by atoms with Crippen LogP contribution < -0.4 is 0 Å². The molecule has 0 saturated heterocycles. The van der Waals surface area contributed by atoms with Crippen molar-refractivity contribution in [2.24, 2.45) is 17.0 Å². The Kier molecular flexibility index (Phi) is 62.5. The molecule has 2 atom stereocenters. The summed E-state index contributed by atoms with van der Waals surface area (Å²) in [4.78, 5) is 13.1. The summed E-state index contributed by atoms with van der Waals surface area (Å²) in [5, 5.41) is 4.18. The quantitative estimate of drug-likeness (QED) is 0.0441. The Bertz CT molecular complexity index is 885. The van der Waals surface area contributed by atoms with E-state index in [9.17, 15) is 4.91 Å². The molecule has 0 N–H and O–H groups in total. The molecule has 0 aromatic heterocycles. The minimum Gasteiger partial charge on any atom is -0.150 e. The Morgan fingerprint density at radius 2 is 0.300 bits per heavy atom. The van der Waals surface area contributed by atoms with E-state index < -0.39 is 0 Å². The molecule has 0 radical (unpaired) electrons. The maximum Gasteiger partial charge on any atom is 0.0975 e. The van der Waals surface area contributed by atoms with Crippen LogP contribution in [0.5, 0.6) is 0 Å². The van der Waals surface area contributed by atoms with Crippen LogP contribution in [0.15, 0.2) is 5.18 Å². The van der Waals surface area contributed by atoms with E-state index in [-0.39, 0.29) is 6.04 Å². The second kappa shape index (κ2) is 62.9. The average Bonchev–Trinajstić information content (AvgIpc) is 3.37. The van der Waals surface area contributed by atoms with E-state index in [0.717, 1.165) is 0 Å². The fourth-order valence-electron chi connectivity index (χ4n) is 12.1. The topological polar surface area (TPSA) is 29.4 Å². The minimum absolute atomic E-state index is 0.0533. The van der Waals surface area contributed by atoms with Gasteiger partial charge in [-0.05, 0) is 37.5 Å². The van der Waals surface area contributed by atoms with Crippen LogP contribution in [-0.2, 0) is 0 Å². The van der Waals surface area contributed by atoms with Crippen LogP contribution in [0, 0.1) is 16.7 Å². The Morgan fingerprint density at radius 3 is 0.414 bits per heavy atom. The van der Waals surface area contributed by atoms with Gasteiger partial charge in [0, 0.05) is 0 Å². The number of nitrogens with zero attached hydrogens (tertiary/aromatic N) is 1. The number of unbranched alkanes of at least 4 members (excludes halogenated alkanes) is 53. The van der Waals surface area contributed by atoms with Gasteiger partial charge >= 0.3 is 0 Å². The fraction of sp³-hybridized carbons (Fsp3) is 1.00. The van der Waals surface area contributed by atoms with Crippen molar-refractivity contribution in [1.29, 1.82) is 0 Å². The molecular weight excluding hydrogens is 847 g/mol. The summed E-state index contributed by atoms with van der Waals surface area (Å²) in [6.45, 7) is 9.28. The third-order valence-electron chi connectivity index (χ3n) is 17.1. The molecule has 0 aliphatic rings. The molecule has 0 fully saturated rings. The second-order valence-electron chi connectivity index (χ2n) is 24.0. The third kappa shape index (κ3) is 53.9. The van der Waals surface area contributed by atoms with Crippen LogP contribution in [0.25, 0.3) is 0 Å². The van der Waals surface area contributed by atoms with E-state index in [2.05, 4.69) is 32.9 Å². The van der Waals surface area contributed by atoms with Crippen LogP contribution >= 0.6 is 0 Å². The Balaban J connectivity index is 5.10. The molecule has 2 heteroatoms. The smallest absolute Gasteiger partial charge is 0.0975 e. The normalized spacial score (nSPS) is 12.7. The van der Waals surface area contributed by atoms with Crippen molar-refractivity contribution >= 4 is 0 Å². The molecule has 0 saturated carbocycles. The lowest BCUT2D eigenvalue weighted by Gasteiger charge is -2.29. The van der Waals surface area contributed by atoms with Gasteiger partial charge in [0.25, 0.3) is 0 Å². The lowest BCUT2D eigenvalue weighted by atomic mass is 9.78. The van der Waals surface area contributed by atoms with Crippen LogP contribution in [-0.4, -0.2) is 6.04 Å². The highest BCUT2D eigenvalue weighted by Crippen LogP contribution is 2.34. The van der Waals surface area contributed by atoms with Gasteiger partial charge in [0.1, 0.15) is 0 Å². The highest BCUT2D eigenvalue weighted by Gasteiger charge is 2.30. The van der Waals surface area contributed by atoms with Gasteiger partial charge in [0.15, 0.2) is 0 Å². The molecule has 0 aromatic rings. The standard InChI is InChI=1S/C68H137NO/c1-5-9-13-17-21-25-29-33-37-41-45-49-53-57-61-65-67(64-60-56-52-48-44-40-36-32-28-24-20-16-12-8-4)68(69-70)66(62-58-54-50-46-42-38-34-30-26-22-18-14-10-6-2)63-59-55-51-47-43-39-35-31-27-23-19-15-11-7-3/h66-68H,5-65H2,1-4H3. The lowest BCUT2D eigenvalue weighted by molar-refractivity contribution is 0.237. The van der Waals surface area contributed by atoms with Crippen molar-refractivity contribution in [3.8, 4) is 0 Å². The van der Waals surface area contributed by atoms with Gasteiger partial charge in [0.05, 0.1) is 6.04 Å². The first-order chi connectivity index (χ1) is 34.7. The summed E-state index contributed by atoms with van der Waals surface area (Å²) < 4.78 is 0. The van der Waals surface area contributed by atoms with Crippen molar-refractivity contribution in [2.75, 3.05) is 0 Å². The maximum absolute atomic E-state index is 13.1. The number of hydrogen-bond acceptors (Lipinski definition) is 2. The number of hydrogen-bond donors (Lipinski definition) is 0. The zero-order chi connectivity index (χ0) is 50.6. The third-order valence-corrected chi connectivity index (χ3v) is 17.1. The van der Waals surface area contributed by atoms with Gasteiger partial charge in [-0.3, -0.25) is 0 Å². The first kappa shape index (κ1) is 69.6. The molecule has 0 aromatic carbocycles. The summed E-state index contributed by atoms with van der Waals surface area (Å²) in [5.41, 5.74) is 0. The molecule has 2 nitrogen and oxygen atoms in total. The fourth-order valence-corrected chi connectivity index (χ4v) is 12.1.